The molecule has 1 heterocycles. The zero-order chi connectivity index (χ0) is 13.8. The van der Waals surface area contributed by atoms with Crippen molar-refractivity contribution in [3.05, 3.63) is 28.5 Å². The molecule has 1 aromatic rings. The first-order valence-corrected chi connectivity index (χ1v) is 6.96. The summed E-state index contributed by atoms with van der Waals surface area (Å²) in [4.78, 5) is 12.0. The largest absolute Gasteiger partial charge is 0.381 e. The molecule has 1 amide bonds. The third-order valence-electron chi connectivity index (χ3n) is 3.27. The molecule has 2 rings (SSSR count). The molecule has 104 valence electrons. The van der Waals surface area contributed by atoms with E-state index in [-0.39, 0.29) is 17.5 Å². The topological polar surface area (TPSA) is 64.4 Å². The number of ether oxygens (including phenoxy) is 1. The van der Waals surface area contributed by atoms with Crippen LogP contribution >= 0.6 is 15.9 Å². The van der Waals surface area contributed by atoms with Crippen molar-refractivity contribution < 1.29 is 13.9 Å². The molecule has 1 atom stereocenters. The van der Waals surface area contributed by atoms with E-state index in [2.05, 4.69) is 21.2 Å². The van der Waals surface area contributed by atoms with Crippen molar-refractivity contribution in [2.45, 2.75) is 18.9 Å². The van der Waals surface area contributed by atoms with E-state index in [1.165, 1.54) is 12.1 Å². The maximum absolute atomic E-state index is 13.6. The number of hydrogen-bond acceptors (Lipinski definition) is 3. The van der Waals surface area contributed by atoms with Gasteiger partial charge in [0.25, 0.3) is 0 Å². The van der Waals surface area contributed by atoms with Crippen LogP contribution in [-0.2, 0) is 9.53 Å². The van der Waals surface area contributed by atoms with Crippen LogP contribution in [0, 0.1) is 11.7 Å². The Hall–Kier alpha value is -0.980. The average Bonchev–Trinajstić information content (AvgIpc) is 2.42. The van der Waals surface area contributed by atoms with Crippen LogP contribution in [0.25, 0.3) is 0 Å². The second-order valence-electron chi connectivity index (χ2n) is 4.59. The first-order chi connectivity index (χ1) is 9.08. The Bertz CT molecular complexity index is 464. The molecule has 0 radical (unpaired) electrons. The van der Waals surface area contributed by atoms with Gasteiger partial charge in [0.2, 0.25) is 5.91 Å². The van der Waals surface area contributed by atoms with E-state index in [9.17, 15) is 9.18 Å². The van der Waals surface area contributed by atoms with E-state index in [0.717, 1.165) is 12.8 Å². The minimum Gasteiger partial charge on any atom is -0.381 e. The molecule has 0 saturated carbocycles. The summed E-state index contributed by atoms with van der Waals surface area (Å²) in [6.07, 6.45) is 1.52. The van der Waals surface area contributed by atoms with E-state index in [1.54, 1.807) is 6.07 Å². The highest BCUT2D eigenvalue weighted by Gasteiger charge is 2.26. The highest BCUT2D eigenvalue weighted by atomic mass is 79.9. The summed E-state index contributed by atoms with van der Waals surface area (Å²) in [6.45, 7) is 1.25. The maximum atomic E-state index is 13.6. The van der Waals surface area contributed by atoms with Crippen molar-refractivity contribution in [2.24, 2.45) is 11.7 Å². The fraction of sp³-hybridized carbons (Fsp3) is 0.462. The predicted octanol–water partition coefficient (Wildman–Crippen LogP) is 2.28. The van der Waals surface area contributed by atoms with Crippen molar-refractivity contribution in [3.8, 4) is 0 Å². The number of hydrogen-bond donors (Lipinski definition) is 2. The number of benzene rings is 1. The Morgan fingerprint density at radius 3 is 2.79 bits per heavy atom. The second-order valence-corrected chi connectivity index (χ2v) is 5.50. The molecule has 6 heteroatoms. The number of amides is 1. The van der Waals surface area contributed by atoms with Crippen molar-refractivity contribution in [3.63, 3.8) is 0 Å². The van der Waals surface area contributed by atoms with Crippen molar-refractivity contribution >= 4 is 27.5 Å². The van der Waals surface area contributed by atoms with Crippen LogP contribution in [0.4, 0.5) is 10.1 Å². The van der Waals surface area contributed by atoms with Crippen LogP contribution in [0.5, 0.6) is 0 Å². The third kappa shape index (κ3) is 3.75. The molecule has 0 bridgehead atoms. The zero-order valence-electron chi connectivity index (χ0n) is 10.4. The van der Waals surface area contributed by atoms with E-state index in [4.69, 9.17) is 10.5 Å². The van der Waals surface area contributed by atoms with Crippen LogP contribution in [-0.4, -0.2) is 25.2 Å². The molecule has 1 aromatic carbocycles. The Kier molecular flexibility index (Phi) is 4.90. The number of nitrogens with two attached hydrogens (primary N) is 1. The van der Waals surface area contributed by atoms with E-state index < -0.39 is 11.9 Å². The lowest BCUT2D eigenvalue weighted by atomic mass is 9.92. The zero-order valence-corrected chi connectivity index (χ0v) is 12.0. The van der Waals surface area contributed by atoms with Gasteiger partial charge >= 0.3 is 0 Å². The third-order valence-corrected chi connectivity index (χ3v) is 3.76. The SMILES string of the molecule is NC(C(=O)Nc1ccc(Br)cc1F)C1CCOCC1. The highest BCUT2D eigenvalue weighted by molar-refractivity contribution is 9.10. The Morgan fingerprint density at radius 1 is 1.47 bits per heavy atom. The quantitative estimate of drug-likeness (QED) is 0.893. The molecule has 1 fully saturated rings. The first-order valence-electron chi connectivity index (χ1n) is 6.17. The molecule has 0 aromatic heterocycles. The van der Waals surface area contributed by atoms with Crippen LogP contribution in [0.3, 0.4) is 0 Å². The van der Waals surface area contributed by atoms with Gasteiger partial charge in [0.05, 0.1) is 11.7 Å². The van der Waals surface area contributed by atoms with Gasteiger partial charge in [-0.1, -0.05) is 15.9 Å². The molecule has 1 unspecified atom stereocenters. The van der Waals surface area contributed by atoms with E-state index in [1.807, 2.05) is 0 Å². The van der Waals surface area contributed by atoms with Crippen LogP contribution in [0.1, 0.15) is 12.8 Å². The first kappa shape index (κ1) is 14.4. The molecular weight excluding hydrogens is 315 g/mol. The van der Waals surface area contributed by atoms with Crippen molar-refractivity contribution in [2.75, 3.05) is 18.5 Å². The van der Waals surface area contributed by atoms with E-state index in [0.29, 0.717) is 17.7 Å². The molecule has 1 aliphatic heterocycles. The Morgan fingerprint density at radius 2 is 2.16 bits per heavy atom. The van der Waals surface area contributed by atoms with Gasteiger partial charge in [-0.2, -0.15) is 0 Å². The fourth-order valence-corrected chi connectivity index (χ4v) is 2.43. The van der Waals surface area contributed by atoms with Gasteiger partial charge in [-0.25, -0.2) is 4.39 Å². The number of halogens is 2. The second kappa shape index (κ2) is 6.45. The van der Waals surface area contributed by atoms with Gasteiger partial charge in [0.15, 0.2) is 0 Å². The molecule has 0 aliphatic carbocycles. The van der Waals surface area contributed by atoms with Gasteiger partial charge in [0, 0.05) is 17.7 Å². The number of nitrogens with one attached hydrogen (secondary N) is 1. The van der Waals surface area contributed by atoms with Crippen molar-refractivity contribution in [1.29, 1.82) is 0 Å². The highest BCUT2D eigenvalue weighted by Crippen LogP contribution is 2.22. The summed E-state index contributed by atoms with van der Waals surface area (Å²) in [6, 6.07) is 3.84. The molecule has 3 N–H and O–H groups in total. The lowest BCUT2D eigenvalue weighted by molar-refractivity contribution is -0.119. The number of carbonyl (C=O) groups excluding carboxylic acids is 1. The molecule has 1 aliphatic rings. The van der Waals surface area contributed by atoms with Gasteiger partial charge in [-0.3, -0.25) is 4.79 Å². The summed E-state index contributed by atoms with van der Waals surface area (Å²) >= 11 is 3.16. The molecule has 1 saturated heterocycles. The predicted molar refractivity (Wildman–Crippen MR) is 74.2 cm³/mol. The molecular formula is C13H16BrFN2O2. The minimum absolute atomic E-state index is 0.0901. The summed E-state index contributed by atoms with van der Waals surface area (Å²) in [5, 5.41) is 2.53. The smallest absolute Gasteiger partial charge is 0.241 e. The van der Waals surface area contributed by atoms with Crippen LogP contribution in [0.2, 0.25) is 0 Å². The van der Waals surface area contributed by atoms with Gasteiger partial charge in [-0.15, -0.1) is 0 Å². The monoisotopic (exact) mass is 330 g/mol. The van der Waals surface area contributed by atoms with Crippen LogP contribution < -0.4 is 11.1 Å². The Balaban J connectivity index is 1.99. The number of anilines is 1. The van der Waals surface area contributed by atoms with E-state index >= 15 is 0 Å². The molecule has 4 nitrogen and oxygen atoms in total. The lowest BCUT2D eigenvalue weighted by Crippen LogP contribution is -2.44. The summed E-state index contributed by atoms with van der Waals surface area (Å²) in [5.41, 5.74) is 6.07. The maximum Gasteiger partial charge on any atom is 0.241 e. The van der Waals surface area contributed by atoms with Gasteiger partial charge < -0.3 is 15.8 Å². The molecule has 0 spiro atoms. The summed E-state index contributed by atoms with van der Waals surface area (Å²) in [5.74, 6) is -0.748. The molecule has 19 heavy (non-hydrogen) atoms. The normalized spacial score (nSPS) is 18.1. The summed E-state index contributed by atoms with van der Waals surface area (Å²) in [7, 11) is 0. The minimum atomic E-state index is -0.632. The van der Waals surface area contributed by atoms with Crippen LogP contribution in [0.15, 0.2) is 22.7 Å². The number of rotatable bonds is 3. The van der Waals surface area contributed by atoms with Gasteiger partial charge in [0.1, 0.15) is 5.82 Å². The average molecular weight is 331 g/mol. The van der Waals surface area contributed by atoms with Crippen molar-refractivity contribution in [1.82, 2.24) is 0 Å². The van der Waals surface area contributed by atoms with Gasteiger partial charge in [-0.05, 0) is 37.0 Å². The lowest BCUT2D eigenvalue weighted by Gasteiger charge is -2.26. The summed E-state index contributed by atoms with van der Waals surface area (Å²) < 4.78 is 19.5. The number of carbonyl (C=O) groups is 1. The fourth-order valence-electron chi connectivity index (χ4n) is 2.10. The Labute approximate surface area is 119 Å². The standard InChI is InChI=1S/C13H16BrFN2O2/c14-9-1-2-11(10(15)7-9)17-13(18)12(16)8-3-5-19-6-4-8/h1-2,7-8,12H,3-6,16H2,(H,17,18).